The number of urea groups is 1. The maximum atomic E-state index is 10.3. The molecule has 0 fully saturated rings. The minimum atomic E-state index is -0.844. The standard InChI is InChI=1S/C7H7N3O4/c8-7(11)9-14-6-3-1-5(2-4-6)10(12)13/h1-4H,(H3,8,9,11). The van der Waals surface area contributed by atoms with E-state index in [1.54, 1.807) is 0 Å². The number of hydrogen-bond donors (Lipinski definition) is 2. The van der Waals surface area contributed by atoms with E-state index in [9.17, 15) is 14.9 Å². The van der Waals surface area contributed by atoms with Crippen LogP contribution in [0.1, 0.15) is 0 Å². The molecule has 0 aliphatic heterocycles. The summed E-state index contributed by atoms with van der Waals surface area (Å²) in [6.07, 6.45) is 0. The highest BCUT2D eigenvalue weighted by Gasteiger charge is 2.04. The first-order valence-corrected chi connectivity index (χ1v) is 3.56. The number of amides is 2. The second-order valence-corrected chi connectivity index (χ2v) is 2.32. The molecule has 0 saturated heterocycles. The number of nitrogens with two attached hydrogens (primary N) is 1. The van der Waals surface area contributed by atoms with Crippen molar-refractivity contribution in [2.45, 2.75) is 0 Å². The van der Waals surface area contributed by atoms with E-state index in [0.717, 1.165) is 0 Å². The van der Waals surface area contributed by atoms with Gasteiger partial charge < -0.3 is 10.6 Å². The van der Waals surface area contributed by atoms with E-state index in [2.05, 4.69) is 4.84 Å². The molecule has 74 valence electrons. The number of hydroxylamine groups is 1. The molecule has 0 saturated carbocycles. The normalized spacial score (nSPS) is 9.14. The van der Waals surface area contributed by atoms with Crippen molar-refractivity contribution in [2.24, 2.45) is 5.73 Å². The molecule has 7 heteroatoms. The van der Waals surface area contributed by atoms with Gasteiger partial charge in [0.05, 0.1) is 4.92 Å². The predicted octanol–water partition coefficient (Wildman–Crippen LogP) is 0.557. The number of rotatable bonds is 3. The van der Waals surface area contributed by atoms with E-state index in [4.69, 9.17) is 5.73 Å². The molecule has 3 N–H and O–H groups in total. The molecule has 0 unspecified atom stereocenters. The van der Waals surface area contributed by atoms with Crippen LogP contribution in [0.25, 0.3) is 0 Å². The minimum absolute atomic E-state index is 0.0589. The molecule has 2 amide bonds. The number of benzene rings is 1. The van der Waals surface area contributed by atoms with Crippen molar-refractivity contribution in [3.63, 3.8) is 0 Å². The maximum Gasteiger partial charge on any atom is 0.345 e. The zero-order valence-electron chi connectivity index (χ0n) is 6.97. The van der Waals surface area contributed by atoms with Crippen LogP contribution < -0.4 is 16.1 Å². The number of nitrogens with zero attached hydrogens (tertiary/aromatic N) is 1. The molecule has 0 radical (unpaired) electrons. The van der Waals surface area contributed by atoms with Crippen molar-refractivity contribution in [1.82, 2.24) is 5.48 Å². The van der Waals surface area contributed by atoms with Crippen LogP contribution >= 0.6 is 0 Å². The van der Waals surface area contributed by atoms with Crippen LogP contribution in [0.15, 0.2) is 24.3 Å². The summed E-state index contributed by atoms with van der Waals surface area (Å²) in [4.78, 5) is 24.6. The van der Waals surface area contributed by atoms with Gasteiger partial charge in [-0.25, -0.2) is 4.79 Å². The Balaban J connectivity index is 2.64. The van der Waals surface area contributed by atoms with Gasteiger partial charge in [-0.3, -0.25) is 10.1 Å². The smallest absolute Gasteiger partial charge is 0.345 e. The van der Waals surface area contributed by atoms with Gasteiger partial charge >= 0.3 is 6.03 Å². The quantitative estimate of drug-likeness (QED) is 0.545. The van der Waals surface area contributed by atoms with E-state index >= 15 is 0 Å². The Kier molecular flexibility index (Phi) is 2.85. The predicted molar refractivity (Wildman–Crippen MR) is 46.4 cm³/mol. The monoisotopic (exact) mass is 197 g/mol. The Labute approximate surface area is 78.6 Å². The number of nitro groups is 1. The molecule has 1 aromatic rings. The van der Waals surface area contributed by atoms with Crippen molar-refractivity contribution in [3.05, 3.63) is 34.4 Å². The lowest BCUT2D eigenvalue weighted by atomic mass is 10.3. The molecular formula is C7H7N3O4. The number of primary amides is 1. The zero-order valence-corrected chi connectivity index (χ0v) is 6.97. The Morgan fingerprint density at radius 1 is 1.43 bits per heavy atom. The minimum Gasteiger partial charge on any atom is -0.378 e. The van der Waals surface area contributed by atoms with E-state index in [1.807, 2.05) is 5.48 Å². The molecule has 0 spiro atoms. The molecule has 0 bridgehead atoms. The fraction of sp³-hybridized carbons (Fsp3) is 0. The van der Waals surface area contributed by atoms with Crippen molar-refractivity contribution >= 4 is 11.7 Å². The first-order valence-electron chi connectivity index (χ1n) is 3.56. The Hall–Kier alpha value is -2.31. The van der Waals surface area contributed by atoms with Crippen LogP contribution in [0.4, 0.5) is 10.5 Å². The number of nitrogens with one attached hydrogen (secondary N) is 1. The molecular weight excluding hydrogens is 190 g/mol. The fourth-order valence-corrected chi connectivity index (χ4v) is 0.745. The Morgan fingerprint density at radius 3 is 2.43 bits per heavy atom. The van der Waals surface area contributed by atoms with Crippen LogP contribution in [0.3, 0.4) is 0 Å². The molecule has 0 heterocycles. The van der Waals surface area contributed by atoms with Gasteiger partial charge in [-0.1, -0.05) is 0 Å². The van der Waals surface area contributed by atoms with Crippen LogP contribution in [-0.4, -0.2) is 11.0 Å². The highest BCUT2D eigenvalue weighted by atomic mass is 16.7. The third-order valence-electron chi connectivity index (χ3n) is 1.32. The molecule has 0 aromatic heterocycles. The first-order chi connectivity index (χ1) is 6.59. The second kappa shape index (κ2) is 4.08. The van der Waals surface area contributed by atoms with Crippen molar-refractivity contribution in [3.8, 4) is 5.75 Å². The Bertz CT molecular complexity index is 348. The van der Waals surface area contributed by atoms with Crippen molar-refractivity contribution in [2.75, 3.05) is 0 Å². The van der Waals surface area contributed by atoms with Gasteiger partial charge in [0.15, 0.2) is 5.75 Å². The average molecular weight is 197 g/mol. The number of carbonyl (C=O) groups excluding carboxylic acids is 1. The van der Waals surface area contributed by atoms with E-state index in [0.29, 0.717) is 0 Å². The molecule has 1 aromatic carbocycles. The average Bonchev–Trinajstić information content (AvgIpc) is 2.15. The van der Waals surface area contributed by atoms with Gasteiger partial charge in [0.25, 0.3) is 5.69 Å². The maximum absolute atomic E-state index is 10.3. The number of hydrogen-bond acceptors (Lipinski definition) is 4. The molecule has 0 aliphatic rings. The van der Waals surface area contributed by atoms with Gasteiger partial charge in [0.2, 0.25) is 0 Å². The van der Waals surface area contributed by atoms with E-state index in [-0.39, 0.29) is 11.4 Å². The van der Waals surface area contributed by atoms with Crippen LogP contribution in [0, 0.1) is 10.1 Å². The third kappa shape index (κ3) is 2.63. The van der Waals surface area contributed by atoms with E-state index < -0.39 is 11.0 Å². The lowest BCUT2D eigenvalue weighted by Gasteiger charge is -2.02. The highest BCUT2D eigenvalue weighted by molar-refractivity contribution is 5.70. The third-order valence-corrected chi connectivity index (χ3v) is 1.32. The summed E-state index contributed by atoms with van der Waals surface area (Å²) < 4.78 is 0. The molecule has 0 aliphatic carbocycles. The van der Waals surface area contributed by atoms with Gasteiger partial charge in [-0.05, 0) is 12.1 Å². The zero-order chi connectivity index (χ0) is 10.6. The van der Waals surface area contributed by atoms with Crippen LogP contribution in [0.2, 0.25) is 0 Å². The summed E-state index contributed by atoms with van der Waals surface area (Å²) in [5.41, 5.74) is 6.56. The largest absolute Gasteiger partial charge is 0.378 e. The number of non-ortho nitro benzene ring substituents is 1. The highest BCUT2D eigenvalue weighted by Crippen LogP contribution is 2.16. The summed E-state index contributed by atoms with van der Waals surface area (Å²) in [6.45, 7) is 0. The van der Waals surface area contributed by atoms with Crippen molar-refractivity contribution < 1.29 is 14.6 Å². The number of carbonyl (C=O) groups is 1. The summed E-state index contributed by atoms with van der Waals surface area (Å²) >= 11 is 0. The molecule has 0 atom stereocenters. The summed E-state index contributed by atoms with van der Waals surface area (Å²) in [5.74, 6) is 0.259. The fourth-order valence-electron chi connectivity index (χ4n) is 0.745. The van der Waals surface area contributed by atoms with Gasteiger partial charge in [-0.15, -0.1) is 0 Å². The first kappa shape index (κ1) is 9.78. The van der Waals surface area contributed by atoms with Gasteiger partial charge in [0, 0.05) is 12.1 Å². The molecule has 7 nitrogen and oxygen atoms in total. The topological polar surface area (TPSA) is 107 Å². The van der Waals surface area contributed by atoms with Crippen LogP contribution in [0.5, 0.6) is 5.75 Å². The van der Waals surface area contributed by atoms with Crippen LogP contribution in [-0.2, 0) is 0 Å². The Morgan fingerprint density at radius 2 is 2.00 bits per heavy atom. The van der Waals surface area contributed by atoms with Gasteiger partial charge in [0.1, 0.15) is 0 Å². The summed E-state index contributed by atoms with van der Waals surface area (Å²) in [7, 11) is 0. The summed E-state index contributed by atoms with van der Waals surface area (Å²) in [5, 5.41) is 10.3. The lowest BCUT2D eigenvalue weighted by Crippen LogP contribution is -2.32. The van der Waals surface area contributed by atoms with Crippen molar-refractivity contribution in [1.29, 1.82) is 0 Å². The summed E-state index contributed by atoms with van der Waals surface area (Å²) in [6, 6.07) is 4.33. The van der Waals surface area contributed by atoms with E-state index in [1.165, 1.54) is 24.3 Å². The number of nitro benzene ring substituents is 1. The SMILES string of the molecule is NC(=O)NOc1ccc([N+](=O)[O-])cc1. The molecule has 1 rings (SSSR count). The van der Waals surface area contributed by atoms with Gasteiger partial charge in [-0.2, -0.15) is 5.48 Å². The second-order valence-electron chi connectivity index (χ2n) is 2.32. The lowest BCUT2D eigenvalue weighted by molar-refractivity contribution is -0.384. The molecule has 14 heavy (non-hydrogen) atoms.